The molecule has 0 spiro atoms. The highest BCUT2D eigenvalue weighted by Gasteiger charge is 2.34. The third-order valence-corrected chi connectivity index (χ3v) is 7.19. The van der Waals surface area contributed by atoms with Crippen molar-refractivity contribution >= 4 is 21.4 Å². The third kappa shape index (κ3) is 4.77. The Balaban J connectivity index is 1.36. The molecule has 1 aliphatic carbocycles. The number of hydrogen-bond donors (Lipinski definition) is 0. The standard InChI is InChI=1S/C20H23ClN2O4S/c21-16-12-22-23(13-16)17-3-5-18(6-4-17)27-14-20-15(2-1-10-26-20)9-11-28(24,25)19-7-8-19/h3-6,9,11-13,15,19-20H,1-2,7-8,10,14H2/b11-9-. The Kier molecular flexibility index (Phi) is 5.75. The van der Waals surface area contributed by atoms with Crippen molar-refractivity contribution in [2.24, 2.45) is 5.92 Å². The van der Waals surface area contributed by atoms with Crippen LogP contribution in [0.4, 0.5) is 0 Å². The molecule has 8 heteroatoms. The van der Waals surface area contributed by atoms with Gasteiger partial charge in [0.1, 0.15) is 12.4 Å². The van der Waals surface area contributed by atoms with Crippen molar-refractivity contribution in [2.75, 3.05) is 13.2 Å². The Morgan fingerprint density at radius 3 is 2.71 bits per heavy atom. The largest absolute Gasteiger partial charge is 0.491 e. The molecule has 0 N–H and O–H groups in total. The molecule has 150 valence electrons. The van der Waals surface area contributed by atoms with Crippen molar-refractivity contribution in [1.82, 2.24) is 9.78 Å². The Morgan fingerprint density at radius 1 is 1.25 bits per heavy atom. The molecule has 0 amide bonds. The van der Waals surface area contributed by atoms with E-state index < -0.39 is 9.84 Å². The van der Waals surface area contributed by atoms with Gasteiger partial charge in [0, 0.05) is 24.1 Å². The maximum absolute atomic E-state index is 12.1. The van der Waals surface area contributed by atoms with Gasteiger partial charge in [0.25, 0.3) is 0 Å². The summed E-state index contributed by atoms with van der Waals surface area (Å²) in [6.45, 7) is 1.05. The van der Waals surface area contributed by atoms with Crippen LogP contribution in [0, 0.1) is 5.92 Å². The van der Waals surface area contributed by atoms with Crippen molar-refractivity contribution < 1.29 is 17.9 Å². The van der Waals surface area contributed by atoms with Gasteiger partial charge >= 0.3 is 0 Å². The number of rotatable bonds is 7. The van der Waals surface area contributed by atoms with E-state index in [2.05, 4.69) is 5.10 Å². The Bertz CT molecular complexity index is 935. The van der Waals surface area contributed by atoms with Crippen LogP contribution in [0.25, 0.3) is 5.69 Å². The topological polar surface area (TPSA) is 70.4 Å². The molecule has 1 aromatic heterocycles. The Hall–Kier alpha value is -1.83. The van der Waals surface area contributed by atoms with E-state index in [1.165, 1.54) is 5.41 Å². The average molecular weight is 423 g/mol. The van der Waals surface area contributed by atoms with Crippen LogP contribution in [0.1, 0.15) is 25.7 Å². The second-order valence-electron chi connectivity index (χ2n) is 7.24. The highest BCUT2D eigenvalue weighted by Crippen LogP contribution is 2.31. The highest BCUT2D eigenvalue weighted by molar-refractivity contribution is 7.95. The van der Waals surface area contributed by atoms with Crippen LogP contribution in [0.15, 0.2) is 48.1 Å². The number of hydrogen-bond acceptors (Lipinski definition) is 5. The summed E-state index contributed by atoms with van der Waals surface area (Å²) in [4.78, 5) is 0. The lowest BCUT2D eigenvalue weighted by Crippen LogP contribution is -2.33. The quantitative estimate of drug-likeness (QED) is 0.678. The lowest BCUT2D eigenvalue weighted by molar-refractivity contribution is -0.0354. The fourth-order valence-electron chi connectivity index (χ4n) is 3.29. The average Bonchev–Trinajstić information content (AvgIpc) is 3.48. The lowest BCUT2D eigenvalue weighted by atomic mass is 9.95. The van der Waals surface area contributed by atoms with Crippen molar-refractivity contribution in [2.45, 2.75) is 37.0 Å². The Labute approximate surface area is 170 Å². The van der Waals surface area contributed by atoms with E-state index in [1.807, 2.05) is 24.3 Å². The van der Waals surface area contributed by atoms with E-state index in [9.17, 15) is 8.42 Å². The molecule has 2 fully saturated rings. The first-order valence-electron chi connectivity index (χ1n) is 9.48. The smallest absolute Gasteiger partial charge is 0.174 e. The molecule has 2 unspecified atom stereocenters. The summed E-state index contributed by atoms with van der Waals surface area (Å²) in [7, 11) is -3.10. The second kappa shape index (κ2) is 8.27. The zero-order valence-electron chi connectivity index (χ0n) is 15.4. The minimum absolute atomic E-state index is 0.0489. The summed E-state index contributed by atoms with van der Waals surface area (Å²) in [6.07, 6.45) is 8.36. The molecule has 1 saturated heterocycles. The summed E-state index contributed by atoms with van der Waals surface area (Å²) in [6, 6.07) is 7.55. The summed E-state index contributed by atoms with van der Waals surface area (Å²) in [5.41, 5.74) is 0.888. The maximum Gasteiger partial charge on any atom is 0.174 e. The van der Waals surface area contributed by atoms with Crippen LogP contribution >= 0.6 is 11.6 Å². The molecule has 1 aliphatic heterocycles. The first-order chi connectivity index (χ1) is 13.5. The first-order valence-corrected chi connectivity index (χ1v) is 11.5. The molecule has 0 radical (unpaired) electrons. The summed E-state index contributed by atoms with van der Waals surface area (Å²) >= 11 is 5.90. The third-order valence-electron chi connectivity index (χ3n) is 5.06. The number of aromatic nitrogens is 2. The van der Waals surface area contributed by atoms with Gasteiger partial charge in [0.05, 0.1) is 28.3 Å². The highest BCUT2D eigenvalue weighted by atomic mass is 35.5. The van der Waals surface area contributed by atoms with Crippen molar-refractivity contribution in [3.8, 4) is 11.4 Å². The predicted molar refractivity (Wildman–Crippen MR) is 108 cm³/mol. The minimum Gasteiger partial charge on any atom is -0.491 e. The molecule has 2 atom stereocenters. The molecule has 28 heavy (non-hydrogen) atoms. The fourth-order valence-corrected chi connectivity index (χ4v) is 4.86. The van der Waals surface area contributed by atoms with Crippen LogP contribution in [0.3, 0.4) is 0 Å². The predicted octanol–water partition coefficient (Wildman–Crippen LogP) is 3.79. The van der Waals surface area contributed by atoms with Crippen molar-refractivity contribution in [3.05, 3.63) is 53.2 Å². The molecule has 2 aromatic rings. The number of nitrogens with zero attached hydrogens (tertiary/aromatic N) is 2. The molecular weight excluding hydrogens is 400 g/mol. The maximum atomic E-state index is 12.1. The molecule has 0 bridgehead atoms. The number of ether oxygens (including phenoxy) is 2. The van der Waals surface area contributed by atoms with Crippen LogP contribution < -0.4 is 4.74 Å². The molecule has 4 rings (SSSR count). The number of sulfone groups is 1. The molecule has 2 heterocycles. The van der Waals surface area contributed by atoms with Gasteiger partial charge in [0.2, 0.25) is 0 Å². The lowest BCUT2D eigenvalue weighted by Gasteiger charge is -2.29. The second-order valence-corrected chi connectivity index (χ2v) is 9.79. The first kappa shape index (κ1) is 19.5. The zero-order chi connectivity index (χ0) is 19.6. The van der Waals surface area contributed by atoms with Gasteiger partial charge in [-0.2, -0.15) is 5.10 Å². The zero-order valence-corrected chi connectivity index (χ0v) is 17.0. The molecular formula is C20H23ClN2O4S. The summed E-state index contributed by atoms with van der Waals surface area (Å²) < 4.78 is 37.6. The van der Waals surface area contributed by atoms with Crippen molar-refractivity contribution in [1.29, 1.82) is 0 Å². The minimum atomic E-state index is -3.10. The normalized spacial score (nSPS) is 23.2. The van der Waals surface area contributed by atoms with Gasteiger partial charge < -0.3 is 9.47 Å². The van der Waals surface area contributed by atoms with E-state index in [-0.39, 0.29) is 17.3 Å². The summed E-state index contributed by atoms with van der Waals surface area (Å²) in [5.74, 6) is 0.775. The van der Waals surface area contributed by atoms with Crippen molar-refractivity contribution in [3.63, 3.8) is 0 Å². The molecule has 1 aromatic carbocycles. The van der Waals surface area contributed by atoms with Crippen LogP contribution in [-0.4, -0.2) is 42.8 Å². The van der Waals surface area contributed by atoms with Gasteiger partial charge in [-0.3, -0.25) is 0 Å². The molecule has 1 saturated carbocycles. The van der Waals surface area contributed by atoms with Gasteiger partial charge in [0.15, 0.2) is 9.84 Å². The summed E-state index contributed by atoms with van der Waals surface area (Å²) in [5, 5.41) is 5.97. The van der Waals surface area contributed by atoms with Crippen LogP contribution in [0.2, 0.25) is 5.02 Å². The van der Waals surface area contributed by atoms with E-state index in [1.54, 1.807) is 23.2 Å². The Morgan fingerprint density at radius 2 is 2.04 bits per heavy atom. The van der Waals surface area contributed by atoms with E-state index in [4.69, 9.17) is 21.1 Å². The SMILES string of the molecule is O=S(=O)(/C=C\C1CCCOC1COc1ccc(-n2cc(Cl)cn2)cc1)C1CC1. The van der Waals surface area contributed by atoms with Gasteiger partial charge in [-0.1, -0.05) is 17.7 Å². The van der Waals surface area contributed by atoms with E-state index >= 15 is 0 Å². The fraction of sp³-hybridized carbons (Fsp3) is 0.450. The van der Waals surface area contributed by atoms with Gasteiger partial charge in [-0.15, -0.1) is 0 Å². The van der Waals surface area contributed by atoms with Crippen LogP contribution in [-0.2, 0) is 14.6 Å². The monoisotopic (exact) mass is 422 g/mol. The van der Waals surface area contributed by atoms with Crippen LogP contribution in [0.5, 0.6) is 5.75 Å². The van der Waals surface area contributed by atoms with E-state index in [0.29, 0.717) is 18.2 Å². The van der Waals surface area contributed by atoms with E-state index in [0.717, 1.165) is 37.1 Å². The molecule has 2 aliphatic rings. The van der Waals surface area contributed by atoms with Gasteiger partial charge in [-0.25, -0.2) is 13.1 Å². The van der Waals surface area contributed by atoms with Gasteiger partial charge in [-0.05, 0) is 49.9 Å². The number of halogens is 1. The number of benzene rings is 1. The molecule has 6 nitrogen and oxygen atoms in total.